The minimum absolute atomic E-state index is 0.117. The van der Waals surface area contributed by atoms with Crippen molar-refractivity contribution in [1.29, 1.82) is 0 Å². The molecule has 0 aliphatic rings. The Hall–Kier alpha value is -2.57. The number of anilines is 2. The number of nitrogens with one attached hydrogen (secondary N) is 2. The van der Waals surface area contributed by atoms with Gasteiger partial charge in [-0.15, -0.1) is 0 Å². The van der Waals surface area contributed by atoms with Crippen LogP contribution in [0.4, 0.5) is 11.5 Å². The highest BCUT2D eigenvalue weighted by Crippen LogP contribution is 2.17. The molecule has 2 N–H and O–H groups in total. The molecule has 0 radical (unpaired) electrons. The molecule has 27 heavy (non-hydrogen) atoms. The summed E-state index contributed by atoms with van der Waals surface area (Å²) in [6.45, 7) is 1.51. The second kappa shape index (κ2) is 9.39. The first kappa shape index (κ1) is 19.2. The maximum atomic E-state index is 12.4. The summed E-state index contributed by atoms with van der Waals surface area (Å²) < 4.78 is 1.25. The van der Waals surface area contributed by atoms with E-state index in [0.29, 0.717) is 22.9 Å². The van der Waals surface area contributed by atoms with Crippen molar-refractivity contribution in [2.45, 2.75) is 12.8 Å². The molecule has 0 saturated carbocycles. The van der Waals surface area contributed by atoms with Crippen molar-refractivity contribution in [3.8, 4) is 5.69 Å². The monoisotopic (exact) mass is 403 g/mol. The predicted molar refractivity (Wildman–Crippen MR) is 110 cm³/mol. The van der Waals surface area contributed by atoms with Crippen LogP contribution in [0, 0.1) is 0 Å². The van der Waals surface area contributed by atoms with Crippen molar-refractivity contribution in [2.24, 2.45) is 0 Å². The fourth-order valence-electron chi connectivity index (χ4n) is 2.48. The molecule has 2 aromatic heterocycles. The number of rotatable bonds is 8. The summed E-state index contributed by atoms with van der Waals surface area (Å²) >= 11 is 12.1. The smallest absolute Gasteiger partial charge is 0.292 e. The zero-order chi connectivity index (χ0) is 19.1. The van der Waals surface area contributed by atoms with Gasteiger partial charge >= 0.3 is 0 Å². The van der Waals surface area contributed by atoms with Crippen LogP contribution in [0.5, 0.6) is 0 Å². The van der Waals surface area contributed by atoms with Crippen LogP contribution in [-0.2, 0) is 0 Å². The lowest BCUT2D eigenvalue weighted by atomic mass is 10.3. The van der Waals surface area contributed by atoms with Gasteiger partial charge in [-0.05, 0) is 49.2 Å². The van der Waals surface area contributed by atoms with Crippen LogP contribution in [0.15, 0.2) is 59.7 Å². The van der Waals surface area contributed by atoms with E-state index in [1.54, 1.807) is 36.7 Å². The van der Waals surface area contributed by atoms with Gasteiger partial charge in [-0.3, -0.25) is 4.79 Å². The Morgan fingerprint density at radius 1 is 0.963 bits per heavy atom. The summed E-state index contributed by atoms with van der Waals surface area (Å²) in [6.07, 6.45) is 5.18. The molecule has 0 fully saturated rings. The zero-order valence-electron chi connectivity index (χ0n) is 14.5. The molecule has 6 nitrogen and oxygen atoms in total. The molecule has 0 spiro atoms. The van der Waals surface area contributed by atoms with E-state index in [1.165, 1.54) is 4.68 Å². The maximum Gasteiger partial charge on any atom is 0.292 e. The van der Waals surface area contributed by atoms with E-state index >= 15 is 0 Å². The lowest BCUT2D eigenvalue weighted by Crippen LogP contribution is -2.23. The van der Waals surface area contributed by atoms with Crippen LogP contribution in [0.25, 0.3) is 5.69 Å². The molecule has 140 valence electrons. The number of aromatic nitrogens is 3. The SMILES string of the molecule is O=c1c(Cl)c(NCCCCNc2ccccn2)cnn1-c1ccc(Cl)cc1. The number of hydrogen-bond acceptors (Lipinski definition) is 5. The fourth-order valence-corrected chi connectivity index (χ4v) is 2.80. The molecule has 2 heterocycles. The van der Waals surface area contributed by atoms with E-state index in [9.17, 15) is 4.79 Å². The number of unbranched alkanes of at least 4 members (excludes halogenated alkanes) is 1. The van der Waals surface area contributed by atoms with Crippen LogP contribution >= 0.6 is 23.2 Å². The molecule has 0 atom stereocenters. The van der Waals surface area contributed by atoms with Crippen LogP contribution < -0.4 is 16.2 Å². The normalized spacial score (nSPS) is 10.6. The predicted octanol–water partition coefficient (Wildman–Crippen LogP) is 4.24. The van der Waals surface area contributed by atoms with Gasteiger partial charge in [0.05, 0.1) is 17.6 Å². The Morgan fingerprint density at radius 2 is 1.70 bits per heavy atom. The van der Waals surface area contributed by atoms with E-state index in [2.05, 4.69) is 20.7 Å². The lowest BCUT2D eigenvalue weighted by Gasteiger charge is -2.10. The Kier molecular flexibility index (Phi) is 6.68. The Morgan fingerprint density at radius 3 is 2.41 bits per heavy atom. The molecule has 3 aromatic rings. The van der Waals surface area contributed by atoms with E-state index in [4.69, 9.17) is 23.2 Å². The summed E-state index contributed by atoms with van der Waals surface area (Å²) in [5.74, 6) is 0.864. The van der Waals surface area contributed by atoms with Crippen molar-refractivity contribution < 1.29 is 0 Å². The third kappa shape index (κ3) is 5.21. The molecule has 0 aliphatic carbocycles. The highest BCUT2D eigenvalue weighted by molar-refractivity contribution is 6.33. The molecule has 3 rings (SSSR count). The van der Waals surface area contributed by atoms with E-state index in [-0.39, 0.29) is 10.6 Å². The van der Waals surface area contributed by atoms with Gasteiger partial charge in [-0.2, -0.15) is 9.78 Å². The summed E-state index contributed by atoms with van der Waals surface area (Å²) in [5, 5.41) is 11.3. The van der Waals surface area contributed by atoms with Crippen LogP contribution in [0.1, 0.15) is 12.8 Å². The van der Waals surface area contributed by atoms with E-state index in [0.717, 1.165) is 25.2 Å². The van der Waals surface area contributed by atoms with E-state index < -0.39 is 0 Å². The van der Waals surface area contributed by atoms with Crippen LogP contribution in [0.3, 0.4) is 0 Å². The standard InChI is InChI=1S/C19H19Cl2N5O/c20-14-6-8-15(9-7-14)26-19(27)18(21)16(13-25-26)22-10-3-4-12-24-17-5-1-2-11-23-17/h1-2,5-9,11,13,22H,3-4,10,12H2,(H,23,24). The molecular weight excluding hydrogens is 385 g/mol. The van der Waals surface area contributed by atoms with Gasteiger partial charge in [-0.25, -0.2) is 4.98 Å². The van der Waals surface area contributed by atoms with Gasteiger partial charge in [0.2, 0.25) is 0 Å². The molecule has 8 heteroatoms. The quantitative estimate of drug-likeness (QED) is 0.550. The van der Waals surface area contributed by atoms with Crippen molar-refractivity contribution in [1.82, 2.24) is 14.8 Å². The largest absolute Gasteiger partial charge is 0.382 e. The number of benzene rings is 1. The lowest BCUT2D eigenvalue weighted by molar-refractivity contribution is 0.784. The third-order valence-electron chi connectivity index (χ3n) is 3.88. The van der Waals surface area contributed by atoms with Crippen molar-refractivity contribution >= 4 is 34.7 Å². The summed E-state index contributed by atoms with van der Waals surface area (Å²) in [6, 6.07) is 12.6. The van der Waals surface area contributed by atoms with Gasteiger partial charge in [-0.1, -0.05) is 29.3 Å². The summed E-state index contributed by atoms with van der Waals surface area (Å²) in [5.41, 5.74) is 0.767. The van der Waals surface area contributed by atoms with Crippen LogP contribution in [0.2, 0.25) is 10.0 Å². The third-order valence-corrected chi connectivity index (χ3v) is 4.50. The maximum absolute atomic E-state index is 12.4. The number of nitrogens with zero attached hydrogens (tertiary/aromatic N) is 3. The van der Waals surface area contributed by atoms with E-state index in [1.807, 2.05) is 18.2 Å². The molecule has 0 aliphatic heterocycles. The average molecular weight is 404 g/mol. The highest BCUT2D eigenvalue weighted by Gasteiger charge is 2.10. The molecule has 0 unspecified atom stereocenters. The number of pyridine rings is 1. The topological polar surface area (TPSA) is 71.8 Å². The Labute approximate surface area is 167 Å². The first-order chi connectivity index (χ1) is 13.1. The van der Waals surface area contributed by atoms with Crippen LogP contribution in [-0.4, -0.2) is 27.9 Å². The van der Waals surface area contributed by atoms with Gasteiger partial charge in [0, 0.05) is 24.3 Å². The van der Waals surface area contributed by atoms with Gasteiger partial charge in [0.25, 0.3) is 5.56 Å². The van der Waals surface area contributed by atoms with Crippen molar-refractivity contribution in [3.63, 3.8) is 0 Å². The van der Waals surface area contributed by atoms with Gasteiger partial charge < -0.3 is 10.6 Å². The van der Waals surface area contributed by atoms with Crippen molar-refractivity contribution in [3.05, 3.63) is 75.3 Å². The molecule has 0 bridgehead atoms. The average Bonchev–Trinajstić information content (AvgIpc) is 2.69. The fraction of sp³-hybridized carbons (Fsp3) is 0.211. The Bertz CT molecular complexity index is 929. The second-order valence-electron chi connectivity index (χ2n) is 5.84. The number of hydrogen-bond donors (Lipinski definition) is 2. The molecule has 1 aromatic carbocycles. The minimum Gasteiger partial charge on any atom is -0.382 e. The minimum atomic E-state index is -0.374. The summed E-state index contributed by atoms with van der Waals surface area (Å²) in [7, 11) is 0. The Balaban J connectivity index is 1.51. The molecule has 0 saturated heterocycles. The zero-order valence-corrected chi connectivity index (χ0v) is 16.0. The second-order valence-corrected chi connectivity index (χ2v) is 6.66. The summed E-state index contributed by atoms with van der Waals surface area (Å²) in [4.78, 5) is 16.7. The van der Waals surface area contributed by atoms with Crippen molar-refractivity contribution in [2.75, 3.05) is 23.7 Å². The molecule has 0 amide bonds. The van der Waals surface area contributed by atoms with Gasteiger partial charge in [0.15, 0.2) is 0 Å². The highest BCUT2D eigenvalue weighted by atomic mass is 35.5. The first-order valence-corrected chi connectivity index (χ1v) is 9.33. The van der Waals surface area contributed by atoms with Gasteiger partial charge in [0.1, 0.15) is 10.8 Å². The molecular formula is C19H19Cl2N5O. The first-order valence-electron chi connectivity index (χ1n) is 8.58. The number of halogens is 2.